The van der Waals surface area contributed by atoms with Crippen molar-refractivity contribution in [2.45, 2.75) is 40.0 Å². The second kappa shape index (κ2) is 7.14. The lowest BCUT2D eigenvalue weighted by Gasteiger charge is -2.19. The van der Waals surface area contributed by atoms with Crippen molar-refractivity contribution in [1.29, 1.82) is 0 Å². The number of unbranched alkanes of at least 4 members (excludes halogenated alkanes) is 1. The number of carbonyl (C=O) groups is 1. The lowest BCUT2D eigenvalue weighted by atomic mass is 9.91. The van der Waals surface area contributed by atoms with Crippen LogP contribution in [-0.4, -0.2) is 13.0 Å². The molecule has 1 atom stereocenters. The van der Waals surface area contributed by atoms with Gasteiger partial charge in [0.05, 0.1) is 0 Å². The summed E-state index contributed by atoms with van der Waals surface area (Å²) in [6, 6.07) is 0. The van der Waals surface area contributed by atoms with Gasteiger partial charge in [0.25, 0.3) is 0 Å². The maximum Gasteiger partial charge on any atom is 0.207 e. The molecule has 0 rings (SSSR count). The summed E-state index contributed by atoms with van der Waals surface area (Å²) in [4.78, 5) is 10.1. The largest absolute Gasteiger partial charge is 0.358 e. The van der Waals surface area contributed by atoms with Crippen LogP contribution in [0.25, 0.3) is 0 Å². The van der Waals surface area contributed by atoms with E-state index in [1.54, 1.807) is 0 Å². The molecule has 0 aliphatic rings. The van der Waals surface area contributed by atoms with Crippen LogP contribution in [0.4, 0.5) is 0 Å². The Balaban J connectivity index is 3.61. The lowest BCUT2D eigenvalue weighted by molar-refractivity contribution is -0.109. The number of hydrogen-bond donors (Lipinski definition) is 1. The first-order chi connectivity index (χ1) is 5.72. The van der Waals surface area contributed by atoms with Gasteiger partial charge in [0.15, 0.2) is 0 Å². The van der Waals surface area contributed by atoms with Crippen molar-refractivity contribution in [2.24, 2.45) is 11.8 Å². The van der Waals surface area contributed by atoms with Crippen molar-refractivity contribution in [2.75, 3.05) is 6.54 Å². The van der Waals surface area contributed by atoms with E-state index < -0.39 is 0 Å². The van der Waals surface area contributed by atoms with E-state index in [2.05, 4.69) is 26.1 Å². The zero-order valence-corrected chi connectivity index (χ0v) is 8.47. The maximum atomic E-state index is 10.1. The Kier molecular flexibility index (Phi) is 6.82. The Labute approximate surface area is 75.7 Å². The molecule has 0 heterocycles. The van der Waals surface area contributed by atoms with Crippen molar-refractivity contribution in [3.63, 3.8) is 0 Å². The molecule has 0 saturated heterocycles. The van der Waals surface area contributed by atoms with E-state index in [4.69, 9.17) is 0 Å². The van der Waals surface area contributed by atoms with E-state index >= 15 is 0 Å². The summed E-state index contributed by atoms with van der Waals surface area (Å²) in [5, 5.41) is 2.76. The summed E-state index contributed by atoms with van der Waals surface area (Å²) in [5.41, 5.74) is 0. The average molecular weight is 171 g/mol. The first-order valence-electron chi connectivity index (χ1n) is 4.89. The van der Waals surface area contributed by atoms with Gasteiger partial charge < -0.3 is 5.32 Å². The normalized spacial score (nSPS) is 13.0. The summed E-state index contributed by atoms with van der Waals surface area (Å²) >= 11 is 0. The minimum Gasteiger partial charge on any atom is -0.358 e. The molecule has 2 nitrogen and oxygen atoms in total. The molecule has 1 N–H and O–H groups in total. The highest BCUT2D eigenvalue weighted by Crippen LogP contribution is 2.16. The van der Waals surface area contributed by atoms with E-state index in [1.165, 1.54) is 19.3 Å². The Hall–Kier alpha value is -0.530. The van der Waals surface area contributed by atoms with E-state index in [0.717, 1.165) is 13.0 Å². The molecular weight excluding hydrogens is 150 g/mol. The molecule has 2 heteroatoms. The molecule has 0 aromatic heterocycles. The van der Waals surface area contributed by atoms with Gasteiger partial charge in [-0.15, -0.1) is 0 Å². The quantitative estimate of drug-likeness (QED) is 0.584. The predicted octanol–water partition coefficient (Wildman–Crippen LogP) is 2.19. The average Bonchev–Trinajstić information content (AvgIpc) is 2.04. The molecule has 12 heavy (non-hydrogen) atoms. The standard InChI is InChI=1S/C10H21NO/c1-4-5-6-10(9(2)3)7-11-8-12/h8-10H,4-7H2,1-3H3,(H,11,12). The molecule has 0 bridgehead atoms. The lowest BCUT2D eigenvalue weighted by Crippen LogP contribution is -2.25. The SMILES string of the molecule is CCCCC(CNC=O)C(C)C. The summed E-state index contributed by atoms with van der Waals surface area (Å²) in [6.45, 7) is 7.46. The predicted molar refractivity (Wildman–Crippen MR) is 51.9 cm³/mol. The summed E-state index contributed by atoms with van der Waals surface area (Å²) in [7, 11) is 0. The van der Waals surface area contributed by atoms with Crippen LogP contribution in [0.1, 0.15) is 40.0 Å². The monoisotopic (exact) mass is 171 g/mol. The van der Waals surface area contributed by atoms with Crippen LogP contribution in [0.3, 0.4) is 0 Å². The van der Waals surface area contributed by atoms with Crippen LogP contribution in [0, 0.1) is 11.8 Å². The number of rotatable bonds is 7. The third-order valence-corrected chi connectivity index (χ3v) is 2.33. The van der Waals surface area contributed by atoms with Crippen LogP contribution in [0.5, 0.6) is 0 Å². The highest BCUT2D eigenvalue weighted by Gasteiger charge is 2.11. The fraction of sp³-hybridized carbons (Fsp3) is 0.900. The van der Waals surface area contributed by atoms with Gasteiger partial charge in [-0.3, -0.25) is 4.79 Å². The molecular formula is C10H21NO. The van der Waals surface area contributed by atoms with Gasteiger partial charge >= 0.3 is 0 Å². The summed E-state index contributed by atoms with van der Waals surface area (Å²) < 4.78 is 0. The Morgan fingerprint density at radius 1 is 1.42 bits per heavy atom. The molecule has 0 aromatic carbocycles. The Bertz CT molecular complexity index is 112. The minimum absolute atomic E-state index is 0.648. The van der Waals surface area contributed by atoms with E-state index in [9.17, 15) is 4.79 Å². The fourth-order valence-electron chi connectivity index (χ4n) is 1.34. The molecule has 1 unspecified atom stereocenters. The summed E-state index contributed by atoms with van der Waals surface area (Å²) in [5.74, 6) is 1.32. The second-order valence-electron chi connectivity index (χ2n) is 3.67. The van der Waals surface area contributed by atoms with Gasteiger partial charge in [-0.25, -0.2) is 0 Å². The molecule has 0 aliphatic carbocycles. The number of nitrogens with one attached hydrogen (secondary N) is 1. The molecule has 0 saturated carbocycles. The third-order valence-electron chi connectivity index (χ3n) is 2.33. The molecule has 0 spiro atoms. The van der Waals surface area contributed by atoms with Crippen LogP contribution in [-0.2, 0) is 4.79 Å². The number of carbonyl (C=O) groups excluding carboxylic acids is 1. The topological polar surface area (TPSA) is 29.1 Å². The Morgan fingerprint density at radius 2 is 2.08 bits per heavy atom. The van der Waals surface area contributed by atoms with Gasteiger partial charge in [-0.05, 0) is 18.3 Å². The smallest absolute Gasteiger partial charge is 0.207 e. The third kappa shape index (κ3) is 5.16. The zero-order valence-electron chi connectivity index (χ0n) is 8.47. The number of hydrogen-bond acceptors (Lipinski definition) is 1. The van der Waals surface area contributed by atoms with E-state index in [0.29, 0.717) is 11.8 Å². The molecule has 1 amide bonds. The minimum atomic E-state index is 0.648. The van der Waals surface area contributed by atoms with Crippen LogP contribution in [0.2, 0.25) is 0 Å². The zero-order chi connectivity index (χ0) is 9.40. The van der Waals surface area contributed by atoms with Gasteiger partial charge in [-0.2, -0.15) is 0 Å². The maximum absolute atomic E-state index is 10.1. The van der Waals surface area contributed by atoms with Crippen LogP contribution >= 0.6 is 0 Å². The Morgan fingerprint density at radius 3 is 2.50 bits per heavy atom. The highest BCUT2D eigenvalue weighted by atomic mass is 16.1. The van der Waals surface area contributed by atoms with E-state index in [-0.39, 0.29) is 0 Å². The highest BCUT2D eigenvalue weighted by molar-refractivity contribution is 5.45. The van der Waals surface area contributed by atoms with Crippen molar-refractivity contribution in [3.8, 4) is 0 Å². The number of amides is 1. The molecule has 0 radical (unpaired) electrons. The van der Waals surface area contributed by atoms with Crippen molar-refractivity contribution < 1.29 is 4.79 Å². The first-order valence-corrected chi connectivity index (χ1v) is 4.89. The summed E-state index contributed by atoms with van der Waals surface area (Å²) in [6.07, 6.45) is 4.53. The molecule has 0 fully saturated rings. The van der Waals surface area contributed by atoms with Gasteiger partial charge in [0, 0.05) is 6.54 Å². The van der Waals surface area contributed by atoms with Crippen molar-refractivity contribution in [3.05, 3.63) is 0 Å². The van der Waals surface area contributed by atoms with Crippen LogP contribution < -0.4 is 5.32 Å². The fourth-order valence-corrected chi connectivity index (χ4v) is 1.34. The van der Waals surface area contributed by atoms with E-state index in [1.807, 2.05) is 0 Å². The van der Waals surface area contributed by atoms with Gasteiger partial charge in [0.2, 0.25) is 6.41 Å². The molecule has 72 valence electrons. The molecule has 0 aliphatic heterocycles. The second-order valence-corrected chi connectivity index (χ2v) is 3.67. The van der Waals surface area contributed by atoms with Crippen molar-refractivity contribution in [1.82, 2.24) is 5.32 Å². The van der Waals surface area contributed by atoms with Gasteiger partial charge in [-0.1, -0.05) is 33.6 Å². The first kappa shape index (κ1) is 11.5. The molecule has 0 aromatic rings. The van der Waals surface area contributed by atoms with Crippen LogP contribution in [0.15, 0.2) is 0 Å². The van der Waals surface area contributed by atoms with Crippen molar-refractivity contribution >= 4 is 6.41 Å². The van der Waals surface area contributed by atoms with Gasteiger partial charge in [0.1, 0.15) is 0 Å².